The molecule has 8 nitrogen and oxygen atoms in total. The quantitative estimate of drug-likeness (QED) is 0.455. The minimum absolute atomic E-state index is 0.0812. The summed E-state index contributed by atoms with van der Waals surface area (Å²) in [5.41, 5.74) is 1.68. The van der Waals surface area contributed by atoms with Crippen LogP contribution >= 0.6 is 0 Å². The first-order valence-electron chi connectivity index (χ1n) is 13.2. The van der Waals surface area contributed by atoms with Crippen LogP contribution in [-0.2, 0) is 11.2 Å². The van der Waals surface area contributed by atoms with Gasteiger partial charge in [0.15, 0.2) is 11.6 Å². The molecule has 1 aliphatic heterocycles. The number of piperazine rings is 1. The van der Waals surface area contributed by atoms with E-state index in [1.165, 1.54) is 26.0 Å². The van der Waals surface area contributed by atoms with Crippen LogP contribution in [0, 0.1) is 11.7 Å². The summed E-state index contributed by atoms with van der Waals surface area (Å²) in [7, 11) is 0. The van der Waals surface area contributed by atoms with Gasteiger partial charge in [0.25, 0.3) is 0 Å². The van der Waals surface area contributed by atoms with Crippen LogP contribution in [0.4, 0.5) is 14.9 Å². The maximum absolute atomic E-state index is 14.2. The van der Waals surface area contributed by atoms with E-state index in [1.807, 2.05) is 0 Å². The summed E-state index contributed by atoms with van der Waals surface area (Å²) in [4.78, 5) is 51.2. The van der Waals surface area contributed by atoms with Gasteiger partial charge in [-0.25, -0.2) is 9.18 Å². The molecule has 38 heavy (non-hydrogen) atoms. The number of hydrogen-bond donors (Lipinski definition) is 3. The zero-order valence-corrected chi connectivity index (χ0v) is 21.9. The van der Waals surface area contributed by atoms with Gasteiger partial charge in [0.2, 0.25) is 5.91 Å². The molecule has 4 rings (SSSR count). The Morgan fingerprint density at radius 3 is 2.39 bits per heavy atom. The maximum atomic E-state index is 14.2. The fourth-order valence-electron chi connectivity index (χ4n) is 5.47. The van der Waals surface area contributed by atoms with Crippen molar-refractivity contribution in [3.05, 3.63) is 65.0 Å². The molecule has 2 aromatic rings. The normalized spacial score (nSPS) is 21.9. The first-order valence-corrected chi connectivity index (χ1v) is 13.2. The van der Waals surface area contributed by atoms with Crippen molar-refractivity contribution < 1.29 is 23.6 Å². The van der Waals surface area contributed by atoms with Crippen LogP contribution in [0.25, 0.3) is 0 Å². The molecule has 1 saturated heterocycles. The van der Waals surface area contributed by atoms with E-state index < -0.39 is 6.03 Å². The predicted octanol–water partition coefficient (Wildman–Crippen LogP) is 3.95. The number of urea groups is 1. The molecule has 2 fully saturated rings. The Bertz CT molecular complexity index is 1180. The molecule has 2 aromatic carbocycles. The Kier molecular flexibility index (Phi) is 8.89. The first-order chi connectivity index (χ1) is 18.2. The van der Waals surface area contributed by atoms with Crippen LogP contribution in [0.15, 0.2) is 42.5 Å². The van der Waals surface area contributed by atoms with E-state index >= 15 is 0 Å². The summed E-state index contributed by atoms with van der Waals surface area (Å²) < 4.78 is 14.2. The Hall–Kier alpha value is -3.59. The van der Waals surface area contributed by atoms with Gasteiger partial charge in [0, 0.05) is 42.0 Å². The summed E-state index contributed by atoms with van der Waals surface area (Å²) in [5, 5.41) is 8.84. The van der Waals surface area contributed by atoms with Crippen LogP contribution < -0.4 is 16.0 Å². The molecule has 0 bridgehead atoms. The molecule has 3 amide bonds. The minimum atomic E-state index is -0.397. The van der Waals surface area contributed by atoms with E-state index in [4.69, 9.17) is 0 Å². The number of carbonyl (C=O) groups is 4. The van der Waals surface area contributed by atoms with Gasteiger partial charge in [-0.05, 0) is 68.9 Å². The number of halogens is 1. The molecule has 0 spiro atoms. The lowest BCUT2D eigenvalue weighted by molar-refractivity contribution is -0.125. The number of hydrogen-bond acceptors (Lipinski definition) is 5. The summed E-state index contributed by atoms with van der Waals surface area (Å²) in [6, 6.07) is 10.6. The zero-order chi connectivity index (χ0) is 27.2. The molecule has 2 aliphatic rings. The SMILES string of the molecule is CC(=O)c1cc(NC(=O)N[C@@H]2CCCC[C@H]2CN2CC(=O)N[C@@H](Cc3ccccc3F)C2)cc(C(C)=O)c1. The Morgan fingerprint density at radius 2 is 1.71 bits per heavy atom. The average Bonchev–Trinajstić information content (AvgIpc) is 2.86. The topological polar surface area (TPSA) is 108 Å². The number of carbonyl (C=O) groups excluding carboxylic acids is 4. The van der Waals surface area contributed by atoms with Gasteiger partial charge in [-0.1, -0.05) is 31.0 Å². The first kappa shape index (κ1) is 27.4. The lowest BCUT2D eigenvalue weighted by atomic mass is 9.84. The minimum Gasteiger partial charge on any atom is -0.351 e. The molecule has 1 saturated carbocycles. The van der Waals surface area contributed by atoms with E-state index in [0.29, 0.717) is 41.9 Å². The number of nitrogens with zero attached hydrogens (tertiary/aromatic N) is 1. The molecule has 202 valence electrons. The second kappa shape index (κ2) is 12.3. The number of ketones is 2. The van der Waals surface area contributed by atoms with Crippen LogP contribution in [0.3, 0.4) is 0 Å². The van der Waals surface area contributed by atoms with Gasteiger partial charge in [0.05, 0.1) is 6.54 Å². The largest absolute Gasteiger partial charge is 0.351 e. The van der Waals surface area contributed by atoms with Gasteiger partial charge < -0.3 is 16.0 Å². The number of nitrogens with one attached hydrogen (secondary N) is 3. The van der Waals surface area contributed by atoms with Crippen molar-refractivity contribution in [2.45, 2.75) is 58.0 Å². The number of benzene rings is 2. The number of anilines is 1. The number of Topliss-reactive ketones (excluding diaryl/α,β-unsaturated/α-hetero) is 2. The average molecular weight is 523 g/mol. The van der Waals surface area contributed by atoms with Crippen molar-refractivity contribution in [3.63, 3.8) is 0 Å². The lowest BCUT2D eigenvalue weighted by Crippen LogP contribution is -2.57. The number of rotatable bonds is 8. The highest BCUT2D eigenvalue weighted by Gasteiger charge is 2.32. The maximum Gasteiger partial charge on any atom is 0.319 e. The molecule has 1 heterocycles. The van der Waals surface area contributed by atoms with Crippen LogP contribution in [0.1, 0.15) is 65.8 Å². The standard InChI is InChI=1S/C29H35FN4O4/c1-18(35)22-11-23(19(2)36)14-24(13-22)32-29(38)33-27-10-6-4-8-21(27)15-34-16-25(31-28(37)17-34)12-20-7-3-5-9-26(20)30/h3,5,7,9,11,13-14,21,25,27H,4,6,8,10,12,15-17H2,1-2H3,(H,31,37)(H2,32,33,38)/t21-,25-,27+/m0/s1. The zero-order valence-electron chi connectivity index (χ0n) is 21.9. The Morgan fingerprint density at radius 1 is 1.03 bits per heavy atom. The Labute approximate surface area is 222 Å². The second-order valence-corrected chi connectivity index (χ2v) is 10.4. The predicted molar refractivity (Wildman–Crippen MR) is 143 cm³/mol. The Balaban J connectivity index is 1.38. The summed E-state index contributed by atoms with van der Waals surface area (Å²) in [6.45, 7) is 4.37. The lowest BCUT2D eigenvalue weighted by Gasteiger charge is -2.39. The van der Waals surface area contributed by atoms with E-state index in [9.17, 15) is 23.6 Å². The monoisotopic (exact) mass is 522 g/mol. The highest BCUT2D eigenvalue weighted by molar-refractivity contribution is 6.02. The number of amides is 3. The molecule has 0 unspecified atom stereocenters. The third-order valence-electron chi connectivity index (χ3n) is 7.36. The molecule has 0 radical (unpaired) electrons. The van der Waals surface area contributed by atoms with Gasteiger partial charge in [-0.15, -0.1) is 0 Å². The third kappa shape index (κ3) is 7.25. The van der Waals surface area contributed by atoms with E-state index in [2.05, 4.69) is 20.9 Å². The molecular weight excluding hydrogens is 487 g/mol. The van der Waals surface area contributed by atoms with Gasteiger partial charge >= 0.3 is 6.03 Å². The van der Waals surface area contributed by atoms with Crippen LogP contribution in [0.5, 0.6) is 0 Å². The van der Waals surface area contributed by atoms with E-state index in [1.54, 1.807) is 30.3 Å². The third-order valence-corrected chi connectivity index (χ3v) is 7.36. The summed E-state index contributed by atoms with van der Waals surface area (Å²) in [5.74, 6) is -0.579. The molecule has 9 heteroatoms. The van der Waals surface area contributed by atoms with Crippen molar-refractivity contribution >= 4 is 29.2 Å². The van der Waals surface area contributed by atoms with Crippen LogP contribution in [-0.4, -0.2) is 60.1 Å². The summed E-state index contributed by atoms with van der Waals surface area (Å²) in [6.07, 6.45) is 4.21. The van der Waals surface area contributed by atoms with E-state index in [-0.39, 0.29) is 47.8 Å². The fraction of sp³-hybridized carbons (Fsp3) is 0.448. The van der Waals surface area contributed by atoms with Gasteiger partial charge in [-0.2, -0.15) is 0 Å². The van der Waals surface area contributed by atoms with Crippen molar-refractivity contribution in [1.82, 2.24) is 15.5 Å². The second-order valence-electron chi connectivity index (χ2n) is 10.4. The highest BCUT2D eigenvalue weighted by atomic mass is 19.1. The van der Waals surface area contributed by atoms with Crippen molar-refractivity contribution in [3.8, 4) is 0 Å². The van der Waals surface area contributed by atoms with Gasteiger partial charge in [0.1, 0.15) is 5.82 Å². The smallest absolute Gasteiger partial charge is 0.319 e. The van der Waals surface area contributed by atoms with Crippen molar-refractivity contribution in [2.75, 3.05) is 25.0 Å². The fourth-order valence-corrected chi connectivity index (χ4v) is 5.47. The molecule has 3 N–H and O–H groups in total. The van der Waals surface area contributed by atoms with Crippen LogP contribution in [0.2, 0.25) is 0 Å². The molecular formula is C29H35FN4O4. The molecule has 0 aromatic heterocycles. The molecule has 3 atom stereocenters. The van der Waals surface area contributed by atoms with Crippen molar-refractivity contribution in [2.24, 2.45) is 5.92 Å². The highest BCUT2D eigenvalue weighted by Crippen LogP contribution is 2.26. The van der Waals surface area contributed by atoms with Gasteiger partial charge in [-0.3, -0.25) is 19.3 Å². The van der Waals surface area contributed by atoms with Crippen molar-refractivity contribution in [1.29, 1.82) is 0 Å². The molecule has 1 aliphatic carbocycles. The van der Waals surface area contributed by atoms with E-state index in [0.717, 1.165) is 25.7 Å². The summed E-state index contributed by atoms with van der Waals surface area (Å²) >= 11 is 0.